The van der Waals surface area contributed by atoms with E-state index in [1.54, 1.807) is 23.6 Å². The number of nitrogens with zero attached hydrogens (tertiary/aromatic N) is 1. The van der Waals surface area contributed by atoms with Crippen LogP contribution in [0.25, 0.3) is 0 Å². The zero-order chi connectivity index (χ0) is 15.5. The maximum Gasteiger partial charge on any atom is 0.420 e. The number of rotatable bonds is 4. The SMILES string of the molecule is N#Cc1ccc(OCC(=O)c2cccs2)c(C(F)(F)F)c1. The Balaban J connectivity index is 2.20. The van der Waals surface area contributed by atoms with Crippen LogP contribution in [0, 0.1) is 11.3 Å². The third kappa shape index (κ3) is 3.61. The fraction of sp³-hybridized carbons (Fsp3) is 0.143. The molecule has 0 saturated carbocycles. The molecule has 0 bridgehead atoms. The van der Waals surface area contributed by atoms with E-state index in [1.807, 2.05) is 0 Å². The Labute approximate surface area is 122 Å². The van der Waals surface area contributed by atoms with Crippen LogP contribution in [0.5, 0.6) is 5.75 Å². The van der Waals surface area contributed by atoms with Crippen molar-refractivity contribution >= 4 is 17.1 Å². The Kier molecular flexibility index (Phi) is 4.29. The molecule has 21 heavy (non-hydrogen) atoms. The van der Waals surface area contributed by atoms with E-state index in [1.165, 1.54) is 17.4 Å². The fourth-order valence-corrected chi connectivity index (χ4v) is 2.25. The van der Waals surface area contributed by atoms with Crippen LogP contribution in [-0.2, 0) is 6.18 Å². The Bertz CT molecular complexity index is 687. The molecule has 0 unspecified atom stereocenters. The fourth-order valence-electron chi connectivity index (χ4n) is 1.60. The van der Waals surface area contributed by atoms with Gasteiger partial charge in [0.2, 0.25) is 5.78 Å². The lowest BCUT2D eigenvalue weighted by molar-refractivity contribution is -0.138. The van der Waals surface area contributed by atoms with E-state index in [0.717, 1.165) is 6.07 Å². The summed E-state index contributed by atoms with van der Waals surface area (Å²) in [5.74, 6) is -0.867. The highest BCUT2D eigenvalue weighted by molar-refractivity contribution is 7.12. The summed E-state index contributed by atoms with van der Waals surface area (Å²) in [6, 6.07) is 7.82. The van der Waals surface area contributed by atoms with Gasteiger partial charge in [-0.1, -0.05) is 6.07 Å². The van der Waals surface area contributed by atoms with Crippen LogP contribution >= 0.6 is 11.3 Å². The number of hydrogen-bond acceptors (Lipinski definition) is 4. The van der Waals surface area contributed by atoms with Gasteiger partial charge in [-0.3, -0.25) is 4.79 Å². The second kappa shape index (κ2) is 5.97. The Hall–Kier alpha value is -2.33. The summed E-state index contributed by atoms with van der Waals surface area (Å²) >= 11 is 1.19. The van der Waals surface area contributed by atoms with Gasteiger partial charge in [-0.25, -0.2) is 0 Å². The van der Waals surface area contributed by atoms with Gasteiger partial charge in [-0.05, 0) is 29.6 Å². The van der Waals surface area contributed by atoms with Gasteiger partial charge in [0.15, 0.2) is 6.61 Å². The largest absolute Gasteiger partial charge is 0.485 e. The average molecular weight is 311 g/mol. The number of nitriles is 1. The Morgan fingerprint density at radius 1 is 1.33 bits per heavy atom. The number of halogens is 3. The average Bonchev–Trinajstić information content (AvgIpc) is 2.97. The van der Waals surface area contributed by atoms with Gasteiger partial charge in [-0.15, -0.1) is 11.3 Å². The zero-order valence-corrected chi connectivity index (χ0v) is 11.3. The smallest absolute Gasteiger partial charge is 0.420 e. The number of alkyl halides is 3. The van der Waals surface area contributed by atoms with Crippen molar-refractivity contribution in [3.63, 3.8) is 0 Å². The molecule has 1 aromatic carbocycles. The van der Waals surface area contributed by atoms with Crippen LogP contribution in [0.3, 0.4) is 0 Å². The topological polar surface area (TPSA) is 50.1 Å². The molecule has 7 heteroatoms. The predicted molar refractivity (Wildman–Crippen MR) is 70.3 cm³/mol. The highest BCUT2D eigenvalue weighted by Crippen LogP contribution is 2.36. The lowest BCUT2D eigenvalue weighted by Gasteiger charge is -2.13. The van der Waals surface area contributed by atoms with Crippen molar-refractivity contribution in [2.75, 3.05) is 6.61 Å². The first-order valence-electron chi connectivity index (χ1n) is 5.72. The van der Waals surface area contributed by atoms with Crippen LogP contribution in [-0.4, -0.2) is 12.4 Å². The number of carbonyl (C=O) groups is 1. The first-order chi connectivity index (χ1) is 9.91. The molecule has 0 atom stereocenters. The van der Waals surface area contributed by atoms with Gasteiger partial charge in [0, 0.05) is 0 Å². The summed E-state index contributed by atoms with van der Waals surface area (Å²) in [5, 5.41) is 10.3. The van der Waals surface area contributed by atoms with E-state index in [9.17, 15) is 18.0 Å². The molecular weight excluding hydrogens is 303 g/mol. The van der Waals surface area contributed by atoms with Crippen LogP contribution in [0.2, 0.25) is 0 Å². The predicted octanol–water partition coefficient (Wildman–Crippen LogP) is 3.90. The van der Waals surface area contributed by atoms with E-state index >= 15 is 0 Å². The molecule has 0 N–H and O–H groups in total. The lowest BCUT2D eigenvalue weighted by Crippen LogP contribution is -2.14. The third-order valence-corrected chi connectivity index (χ3v) is 3.48. The molecule has 0 fully saturated rings. The molecule has 2 aromatic rings. The van der Waals surface area contributed by atoms with Gasteiger partial charge in [0.05, 0.1) is 22.1 Å². The molecule has 1 aromatic heterocycles. The van der Waals surface area contributed by atoms with Crippen LogP contribution in [0.4, 0.5) is 13.2 Å². The van der Waals surface area contributed by atoms with Crippen molar-refractivity contribution in [1.82, 2.24) is 0 Å². The van der Waals surface area contributed by atoms with Gasteiger partial charge in [-0.2, -0.15) is 18.4 Å². The highest BCUT2D eigenvalue weighted by Gasteiger charge is 2.35. The number of carbonyl (C=O) groups excluding carboxylic acids is 1. The van der Waals surface area contributed by atoms with Gasteiger partial charge in [0.1, 0.15) is 5.75 Å². The molecule has 0 aliphatic carbocycles. The van der Waals surface area contributed by atoms with E-state index in [4.69, 9.17) is 10.00 Å². The third-order valence-electron chi connectivity index (χ3n) is 2.57. The Morgan fingerprint density at radius 2 is 2.10 bits per heavy atom. The van der Waals surface area contributed by atoms with Gasteiger partial charge >= 0.3 is 6.18 Å². The van der Waals surface area contributed by atoms with Gasteiger partial charge < -0.3 is 4.74 Å². The molecule has 108 valence electrons. The number of hydrogen-bond donors (Lipinski definition) is 0. The number of Topliss-reactive ketones (excluding diaryl/α,β-unsaturated/α-hetero) is 1. The van der Waals surface area contributed by atoms with Crippen molar-refractivity contribution in [1.29, 1.82) is 5.26 Å². The number of ketones is 1. The highest BCUT2D eigenvalue weighted by atomic mass is 32.1. The van der Waals surface area contributed by atoms with Crippen LogP contribution in [0.15, 0.2) is 35.7 Å². The van der Waals surface area contributed by atoms with Crippen molar-refractivity contribution < 1.29 is 22.7 Å². The summed E-state index contributed by atoms with van der Waals surface area (Å²) in [6.45, 7) is -0.491. The maximum absolute atomic E-state index is 12.9. The summed E-state index contributed by atoms with van der Waals surface area (Å²) in [4.78, 5) is 12.1. The normalized spacial score (nSPS) is 11.0. The van der Waals surface area contributed by atoms with E-state index in [0.29, 0.717) is 10.9 Å². The molecule has 0 amide bonds. The summed E-state index contributed by atoms with van der Waals surface area (Å²) in [5.41, 5.74) is -1.19. The maximum atomic E-state index is 12.9. The van der Waals surface area contributed by atoms with E-state index in [-0.39, 0.29) is 5.56 Å². The van der Waals surface area contributed by atoms with E-state index < -0.39 is 29.9 Å². The molecule has 1 heterocycles. The lowest BCUT2D eigenvalue weighted by atomic mass is 10.1. The minimum absolute atomic E-state index is 0.126. The summed E-state index contributed by atoms with van der Waals surface area (Å²) < 4.78 is 43.6. The van der Waals surface area contributed by atoms with Crippen LogP contribution in [0.1, 0.15) is 20.8 Å². The number of thiophene rings is 1. The molecule has 0 spiro atoms. The molecule has 0 radical (unpaired) electrons. The molecule has 2 rings (SSSR count). The van der Waals surface area contributed by atoms with Crippen LogP contribution < -0.4 is 4.74 Å². The minimum atomic E-state index is -4.66. The zero-order valence-electron chi connectivity index (χ0n) is 10.5. The second-order valence-electron chi connectivity index (χ2n) is 4.01. The molecular formula is C14H8F3NO2S. The minimum Gasteiger partial charge on any atom is -0.485 e. The molecule has 0 saturated heterocycles. The van der Waals surface area contributed by atoms with Crippen molar-refractivity contribution in [3.8, 4) is 11.8 Å². The molecule has 0 aliphatic rings. The first kappa shape index (κ1) is 15.1. The van der Waals surface area contributed by atoms with E-state index in [2.05, 4.69) is 0 Å². The summed E-state index contributed by atoms with van der Waals surface area (Å²) in [6.07, 6.45) is -4.66. The second-order valence-corrected chi connectivity index (χ2v) is 4.96. The number of benzene rings is 1. The van der Waals surface area contributed by atoms with Crippen molar-refractivity contribution in [2.45, 2.75) is 6.18 Å². The number of ether oxygens (including phenoxy) is 1. The monoisotopic (exact) mass is 311 g/mol. The molecule has 3 nitrogen and oxygen atoms in total. The van der Waals surface area contributed by atoms with Crippen molar-refractivity contribution in [3.05, 3.63) is 51.7 Å². The quantitative estimate of drug-likeness (QED) is 0.805. The standard InChI is InChI=1S/C14H8F3NO2S/c15-14(16,17)10-6-9(7-18)3-4-12(10)20-8-11(19)13-2-1-5-21-13/h1-6H,8H2. The Morgan fingerprint density at radius 3 is 2.67 bits per heavy atom. The summed E-state index contributed by atoms with van der Waals surface area (Å²) in [7, 11) is 0. The van der Waals surface area contributed by atoms with Crippen molar-refractivity contribution in [2.24, 2.45) is 0 Å². The van der Waals surface area contributed by atoms with Gasteiger partial charge in [0.25, 0.3) is 0 Å². The first-order valence-corrected chi connectivity index (χ1v) is 6.60. The molecule has 0 aliphatic heterocycles.